The van der Waals surface area contributed by atoms with Crippen LogP contribution in [0.25, 0.3) is 10.8 Å². The van der Waals surface area contributed by atoms with Crippen molar-refractivity contribution in [3.05, 3.63) is 42.5 Å². The molecule has 25 heavy (non-hydrogen) atoms. The van der Waals surface area contributed by atoms with E-state index in [0.29, 0.717) is 5.69 Å². The van der Waals surface area contributed by atoms with Crippen molar-refractivity contribution in [3.8, 4) is 0 Å². The van der Waals surface area contributed by atoms with Crippen molar-refractivity contribution in [3.63, 3.8) is 0 Å². The number of amides is 3. The number of hydrogen-bond acceptors (Lipinski definition) is 2. The third-order valence-electron chi connectivity index (χ3n) is 4.07. The van der Waals surface area contributed by atoms with Gasteiger partial charge in [0, 0.05) is 24.8 Å². The summed E-state index contributed by atoms with van der Waals surface area (Å²) >= 11 is 0. The highest BCUT2D eigenvalue weighted by atomic mass is 19.4. The lowest BCUT2D eigenvalue weighted by Gasteiger charge is -2.18. The van der Waals surface area contributed by atoms with Gasteiger partial charge in [0.25, 0.3) is 0 Å². The molecular formula is C17H16F3N3O2. The number of benzene rings is 2. The Kier molecular flexibility index (Phi) is 4.52. The Balaban J connectivity index is 1.59. The van der Waals surface area contributed by atoms with Crippen LogP contribution in [0.1, 0.15) is 6.42 Å². The zero-order valence-electron chi connectivity index (χ0n) is 13.1. The van der Waals surface area contributed by atoms with Crippen LogP contribution in [0.3, 0.4) is 0 Å². The van der Waals surface area contributed by atoms with Gasteiger partial charge in [-0.05, 0) is 29.3 Å². The second kappa shape index (κ2) is 6.62. The monoisotopic (exact) mass is 351 g/mol. The van der Waals surface area contributed by atoms with E-state index < -0.39 is 24.2 Å². The van der Waals surface area contributed by atoms with E-state index in [0.717, 1.165) is 10.8 Å². The van der Waals surface area contributed by atoms with Crippen LogP contribution in [0, 0.1) is 0 Å². The molecule has 2 aromatic carbocycles. The minimum absolute atomic E-state index is 0.0429. The molecule has 2 N–H and O–H groups in total. The summed E-state index contributed by atoms with van der Waals surface area (Å²) in [6.07, 6.45) is -4.63. The first-order valence-electron chi connectivity index (χ1n) is 7.75. The Morgan fingerprint density at radius 3 is 2.52 bits per heavy atom. The number of carbonyl (C=O) groups is 2. The lowest BCUT2D eigenvalue weighted by atomic mass is 10.1. The number of alkyl halides is 3. The van der Waals surface area contributed by atoms with Crippen LogP contribution >= 0.6 is 0 Å². The summed E-state index contributed by atoms with van der Waals surface area (Å²) in [6, 6.07) is 12.0. The van der Waals surface area contributed by atoms with Gasteiger partial charge in [0.05, 0.1) is 0 Å². The fourth-order valence-electron chi connectivity index (χ4n) is 2.80. The molecule has 3 amide bonds. The number of urea groups is 1. The average Bonchev–Trinajstić information content (AvgIpc) is 3.02. The van der Waals surface area contributed by atoms with E-state index in [4.69, 9.17) is 0 Å². The van der Waals surface area contributed by atoms with Gasteiger partial charge in [-0.25, -0.2) is 4.79 Å². The largest absolute Gasteiger partial charge is 0.471 e. The molecule has 8 heteroatoms. The molecule has 5 nitrogen and oxygen atoms in total. The third kappa shape index (κ3) is 4.01. The zero-order valence-corrected chi connectivity index (χ0v) is 13.1. The Labute approximate surface area is 141 Å². The van der Waals surface area contributed by atoms with Crippen LogP contribution in [0.15, 0.2) is 42.5 Å². The van der Waals surface area contributed by atoms with Crippen LogP contribution in [-0.2, 0) is 4.79 Å². The molecule has 2 aromatic rings. The maximum Gasteiger partial charge on any atom is 0.471 e. The molecule has 0 radical (unpaired) electrons. The fraction of sp³-hybridized carbons (Fsp3) is 0.294. The Hall–Kier alpha value is -2.77. The molecule has 1 unspecified atom stereocenters. The number of fused-ring (bicyclic) bond motifs is 1. The first-order valence-corrected chi connectivity index (χ1v) is 7.75. The summed E-state index contributed by atoms with van der Waals surface area (Å²) in [7, 11) is 0. The van der Waals surface area contributed by atoms with Crippen molar-refractivity contribution >= 4 is 28.4 Å². The van der Waals surface area contributed by atoms with Crippen molar-refractivity contribution in [2.75, 3.05) is 18.4 Å². The lowest BCUT2D eigenvalue weighted by Crippen LogP contribution is -2.45. The Bertz CT molecular complexity index is 807. The van der Waals surface area contributed by atoms with Crippen molar-refractivity contribution in [1.29, 1.82) is 0 Å². The van der Waals surface area contributed by atoms with E-state index in [1.807, 2.05) is 41.7 Å². The molecule has 1 heterocycles. The number of carbonyl (C=O) groups excluding carboxylic acids is 2. The van der Waals surface area contributed by atoms with Gasteiger partial charge in [-0.2, -0.15) is 13.2 Å². The molecule has 1 aliphatic rings. The van der Waals surface area contributed by atoms with Gasteiger partial charge in [0.1, 0.15) is 0 Å². The molecule has 3 rings (SSSR count). The molecule has 0 spiro atoms. The molecular weight excluding hydrogens is 335 g/mol. The molecule has 1 atom stereocenters. The number of hydrogen-bond donors (Lipinski definition) is 2. The van der Waals surface area contributed by atoms with Crippen LogP contribution in [0.5, 0.6) is 0 Å². The molecule has 0 bridgehead atoms. The third-order valence-corrected chi connectivity index (χ3v) is 4.07. The molecule has 1 fully saturated rings. The standard InChI is InChI=1S/C17H16F3N3O2/c18-17(19,20)15(24)21-14-7-8-23(10-14)16(25)22-13-6-5-11-3-1-2-4-12(11)9-13/h1-6,9,14H,7-8,10H2,(H,21,24)(H,22,25). The summed E-state index contributed by atoms with van der Waals surface area (Å²) in [5, 5.41) is 6.65. The Morgan fingerprint density at radius 1 is 1.08 bits per heavy atom. The lowest BCUT2D eigenvalue weighted by molar-refractivity contribution is -0.174. The molecule has 0 aromatic heterocycles. The van der Waals surface area contributed by atoms with Gasteiger partial charge in [-0.1, -0.05) is 30.3 Å². The predicted molar refractivity (Wildman–Crippen MR) is 87.1 cm³/mol. The minimum atomic E-state index is -4.92. The van der Waals surface area contributed by atoms with E-state index >= 15 is 0 Å². The number of anilines is 1. The van der Waals surface area contributed by atoms with Crippen molar-refractivity contribution in [1.82, 2.24) is 10.2 Å². The fourth-order valence-corrected chi connectivity index (χ4v) is 2.80. The van der Waals surface area contributed by atoms with E-state index in [9.17, 15) is 22.8 Å². The van der Waals surface area contributed by atoms with Gasteiger partial charge in [0.2, 0.25) is 0 Å². The summed E-state index contributed by atoms with van der Waals surface area (Å²) in [5.41, 5.74) is 0.603. The second-order valence-electron chi connectivity index (χ2n) is 5.89. The van der Waals surface area contributed by atoms with Gasteiger partial charge < -0.3 is 15.5 Å². The molecule has 132 valence electrons. The van der Waals surface area contributed by atoms with Crippen LogP contribution in [-0.4, -0.2) is 42.1 Å². The highest BCUT2D eigenvalue weighted by Gasteiger charge is 2.41. The number of likely N-dealkylation sites (tertiary alicyclic amines) is 1. The average molecular weight is 351 g/mol. The molecule has 1 aliphatic heterocycles. The zero-order chi connectivity index (χ0) is 18.0. The number of nitrogens with one attached hydrogen (secondary N) is 2. The topological polar surface area (TPSA) is 61.4 Å². The number of halogens is 3. The van der Waals surface area contributed by atoms with Crippen LogP contribution < -0.4 is 10.6 Å². The Morgan fingerprint density at radius 2 is 1.80 bits per heavy atom. The van der Waals surface area contributed by atoms with Gasteiger partial charge >= 0.3 is 18.1 Å². The predicted octanol–water partition coefficient (Wildman–Crippen LogP) is 3.12. The van der Waals surface area contributed by atoms with E-state index in [1.165, 1.54) is 4.90 Å². The summed E-state index contributed by atoms with van der Waals surface area (Å²) in [4.78, 5) is 24.6. The first kappa shape index (κ1) is 17.1. The summed E-state index contributed by atoms with van der Waals surface area (Å²) in [5.74, 6) is -1.98. The normalized spacial score (nSPS) is 17.6. The van der Waals surface area contributed by atoms with Crippen molar-refractivity contribution < 1.29 is 22.8 Å². The van der Waals surface area contributed by atoms with E-state index in [1.54, 1.807) is 6.07 Å². The van der Waals surface area contributed by atoms with E-state index in [-0.39, 0.29) is 19.5 Å². The van der Waals surface area contributed by atoms with Gasteiger partial charge in [-0.3, -0.25) is 4.79 Å². The smallest absolute Gasteiger partial charge is 0.344 e. The second-order valence-corrected chi connectivity index (χ2v) is 5.89. The van der Waals surface area contributed by atoms with E-state index in [2.05, 4.69) is 5.32 Å². The summed E-state index contributed by atoms with van der Waals surface area (Å²) < 4.78 is 36.8. The maximum atomic E-state index is 12.3. The molecule has 0 saturated carbocycles. The first-order chi connectivity index (χ1) is 11.8. The van der Waals surface area contributed by atoms with Gasteiger partial charge in [-0.15, -0.1) is 0 Å². The molecule has 1 saturated heterocycles. The highest BCUT2D eigenvalue weighted by molar-refractivity contribution is 5.93. The SMILES string of the molecule is O=C(Nc1ccc2ccccc2c1)N1CCC(NC(=O)C(F)(F)F)C1. The number of rotatable bonds is 2. The van der Waals surface area contributed by atoms with Gasteiger partial charge in [0.15, 0.2) is 0 Å². The minimum Gasteiger partial charge on any atom is -0.344 e. The quantitative estimate of drug-likeness (QED) is 0.873. The maximum absolute atomic E-state index is 12.3. The van der Waals surface area contributed by atoms with Crippen molar-refractivity contribution in [2.24, 2.45) is 0 Å². The molecule has 0 aliphatic carbocycles. The van der Waals surface area contributed by atoms with Crippen molar-refractivity contribution in [2.45, 2.75) is 18.6 Å². The van der Waals surface area contributed by atoms with Crippen LogP contribution in [0.4, 0.5) is 23.7 Å². The summed E-state index contributed by atoms with van der Waals surface area (Å²) in [6.45, 7) is 0.323. The number of nitrogens with zero attached hydrogens (tertiary/aromatic N) is 1. The highest BCUT2D eigenvalue weighted by Crippen LogP contribution is 2.20. The van der Waals surface area contributed by atoms with Crippen LogP contribution in [0.2, 0.25) is 0 Å².